The Balaban J connectivity index is 2.36. The molecule has 0 bridgehead atoms. The molecule has 1 saturated heterocycles. The molecule has 1 N–H and O–H groups in total. The Kier molecular flexibility index (Phi) is 4.16. The van der Waals surface area contributed by atoms with Crippen LogP contribution < -0.4 is 5.32 Å². The minimum Gasteiger partial charge on any atom is -0.384 e. The molecule has 3 heteroatoms. The first-order valence-corrected chi connectivity index (χ1v) is 5.03. The average Bonchev–Trinajstić information content (AvgIpc) is 2.10. The second-order valence-electron chi connectivity index (χ2n) is 4.01. The van der Waals surface area contributed by atoms with Gasteiger partial charge in [-0.1, -0.05) is 6.92 Å². The van der Waals surface area contributed by atoms with Crippen molar-refractivity contribution < 1.29 is 9.47 Å². The first-order valence-electron chi connectivity index (χ1n) is 5.03. The van der Waals surface area contributed by atoms with E-state index in [1.54, 1.807) is 7.11 Å². The molecule has 4 unspecified atom stereocenters. The van der Waals surface area contributed by atoms with Gasteiger partial charge in [-0.2, -0.15) is 0 Å². The van der Waals surface area contributed by atoms with Crippen molar-refractivity contribution in [1.82, 2.24) is 5.32 Å². The van der Waals surface area contributed by atoms with Gasteiger partial charge in [0.15, 0.2) is 0 Å². The van der Waals surface area contributed by atoms with Crippen LogP contribution in [0.4, 0.5) is 0 Å². The highest BCUT2D eigenvalue weighted by Gasteiger charge is 2.27. The van der Waals surface area contributed by atoms with Crippen molar-refractivity contribution >= 4 is 0 Å². The number of methoxy groups -OCH3 is 1. The summed E-state index contributed by atoms with van der Waals surface area (Å²) in [7, 11) is 1.73. The van der Waals surface area contributed by atoms with Gasteiger partial charge in [-0.25, -0.2) is 0 Å². The van der Waals surface area contributed by atoms with Crippen molar-refractivity contribution in [1.29, 1.82) is 0 Å². The molecule has 0 amide bonds. The van der Waals surface area contributed by atoms with Crippen LogP contribution >= 0.6 is 0 Å². The van der Waals surface area contributed by atoms with E-state index in [2.05, 4.69) is 26.1 Å². The van der Waals surface area contributed by atoms with E-state index in [-0.39, 0.29) is 0 Å². The highest BCUT2D eigenvalue weighted by Crippen LogP contribution is 2.15. The molecule has 0 aromatic rings. The van der Waals surface area contributed by atoms with Crippen molar-refractivity contribution in [3.63, 3.8) is 0 Å². The molecule has 0 radical (unpaired) electrons. The van der Waals surface area contributed by atoms with Crippen LogP contribution in [-0.4, -0.2) is 38.5 Å². The van der Waals surface area contributed by atoms with Crippen molar-refractivity contribution in [2.75, 3.05) is 20.3 Å². The van der Waals surface area contributed by atoms with Crippen LogP contribution in [0.2, 0.25) is 0 Å². The number of ether oxygens (including phenoxy) is 2. The number of morpholine rings is 1. The lowest BCUT2D eigenvalue weighted by Crippen LogP contribution is -2.52. The van der Waals surface area contributed by atoms with Crippen LogP contribution in [0.5, 0.6) is 0 Å². The van der Waals surface area contributed by atoms with Gasteiger partial charge in [0.05, 0.1) is 18.8 Å². The predicted octanol–water partition coefficient (Wildman–Crippen LogP) is 1.03. The summed E-state index contributed by atoms with van der Waals surface area (Å²) in [4.78, 5) is 0. The van der Waals surface area contributed by atoms with Crippen molar-refractivity contribution in [3.05, 3.63) is 0 Å². The Hall–Kier alpha value is -0.120. The smallest absolute Gasteiger partial charge is 0.0751 e. The van der Waals surface area contributed by atoms with Crippen LogP contribution in [0, 0.1) is 5.92 Å². The first kappa shape index (κ1) is 11.0. The highest BCUT2D eigenvalue weighted by molar-refractivity contribution is 4.81. The number of hydrogen-bond acceptors (Lipinski definition) is 3. The summed E-state index contributed by atoms with van der Waals surface area (Å²) in [6.45, 7) is 8.15. The molecule has 4 atom stereocenters. The minimum atomic E-state index is 0.297. The van der Waals surface area contributed by atoms with Crippen molar-refractivity contribution in [2.45, 2.75) is 39.0 Å². The lowest BCUT2D eigenvalue weighted by molar-refractivity contribution is -0.0836. The van der Waals surface area contributed by atoms with E-state index in [0.717, 1.165) is 13.2 Å². The maximum atomic E-state index is 5.87. The molecule has 13 heavy (non-hydrogen) atoms. The lowest BCUT2D eigenvalue weighted by atomic mass is 10.0. The van der Waals surface area contributed by atoms with E-state index in [1.807, 2.05) is 0 Å². The number of hydrogen-bond donors (Lipinski definition) is 1. The van der Waals surface area contributed by atoms with Crippen LogP contribution in [0.15, 0.2) is 0 Å². The van der Waals surface area contributed by atoms with E-state index >= 15 is 0 Å². The number of rotatable bonds is 3. The third-order valence-corrected chi connectivity index (χ3v) is 2.80. The van der Waals surface area contributed by atoms with Gasteiger partial charge >= 0.3 is 0 Å². The van der Waals surface area contributed by atoms with Crippen LogP contribution in [-0.2, 0) is 9.47 Å². The van der Waals surface area contributed by atoms with Crippen LogP contribution in [0.25, 0.3) is 0 Å². The fourth-order valence-corrected chi connectivity index (χ4v) is 1.62. The third-order valence-electron chi connectivity index (χ3n) is 2.80. The summed E-state index contributed by atoms with van der Waals surface area (Å²) in [5.74, 6) is 0.465. The van der Waals surface area contributed by atoms with E-state index in [1.165, 1.54) is 0 Å². The molecule has 3 nitrogen and oxygen atoms in total. The normalized spacial score (nSPS) is 37.4. The monoisotopic (exact) mass is 187 g/mol. The van der Waals surface area contributed by atoms with Crippen LogP contribution in [0.3, 0.4) is 0 Å². The number of nitrogens with one attached hydrogen (secondary N) is 1. The fraction of sp³-hybridized carbons (Fsp3) is 1.00. The molecule has 1 rings (SSSR count). The van der Waals surface area contributed by atoms with Gasteiger partial charge < -0.3 is 14.8 Å². The Morgan fingerprint density at radius 2 is 2.23 bits per heavy atom. The van der Waals surface area contributed by atoms with E-state index < -0.39 is 0 Å². The summed E-state index contributed by atoms with van der Waals surface area (Å²) >= 11 is 0. The van der Waals surface area contributed by atoms with Gasteiger partial charge in [-0.15, -0.1) is 0 Å². The first-order chi connectivity index (χ1) is 6.15. The van der Waals surface area contributed by atoms with Gasteiger partial charge in [-0.3, -0.25) is 0 Å². The average molecular weight is 187 g/mol. The van der Waals surface area contributed by atoms with Gasteiger partial charge in [-0.05, 0) is 13.8 Å². The Morgan fingerprint density at radius 3 is 2.77 bits per heavy atom. The maximum absolute atomic E-state index is 5.87. The standard InChI is InChI=1S/C10H21NO2/c1-7(6-12-4)10-5-11-8(2)9(3)13-10/h7-11H,5-6H2,1-4H3. The summed E-state index contributed by atoms with van der Waals surface area (Å²) in [5.41, 5.74) is 0. The topological polar surface area (TPSA) is 30.5 Å². The van der Waals surface area contributed by atoms with E-state index in [0.29, 0.717) is 24.2 Å². The third kappa shape index (κ3) is 2.93. The second-order valence-corrected chi connectivity index (χ2v) is 4.01. The van der Waals surface area contributed by atoms with Crippen LogP contribution in [0.1, 0.15) is 20.8 Å². The Labute approximate surface area is 80.8 Å². The summed E-state index contributed by atoms with van der Waals surface area (Å²) in [5, 5.41) is 3.44. The van der Waals surface area contributed by atoms with Gasteiger partial charge in [0.25, 0.3) is 0 Å². The molecule has 1 fully saturated rings. The maximum Gasteiger partial charge on any atom is 0.0751 e. The SMILES string of the molecule is COCC(C)C1CNC(C)C(C)O1. The molecule has 1 aliphatic heterocycles. The van der Waals surface area contributed by atoms with Gasteiger partial charge in [0.2, 0.25) is 0 Å². The van der Waals surface area contributed by atoms with E-state index in [9.17, 15) is 0 Å². The highest BCUT2D eigenvalue weighted by atomic mass is 16.5. The predicted molar refractivity (Wildman–Crippen MR) is 52.8 cm³/mol. The molecule has 0 aromatic heterocycles. The largest absolute Gasteiger partial charge is 0.384 e. The zero-order valence-corrected chi connectivity index (χ0v) is 9.04. The van der Waals surface area contributed by atoms with Gasteiger partial charge in [0.1, 0.15) is 0 Å². The molecular weight excluding hydrogens is 166 g/mol. The Morgan fingerprint density at radius 1 is 1.54 bits per heavy atom. The van der Waals surface area contributed by atoms with E-state index in [4.69, 9.17) is 9.47 Å². The zero-order chi connectivity index (χ0) is 9.84. The lowest BCUT2D eigenvalue weighted by Gasteiger charge is -2.36. The molecule has 0 saturated carbocycles. The molecular formula is C10H21NO2. The van der Waals surface area contributed by atoms with Crippen molar-refractivity contribution in [2.24, 2.45) is 5.92 Å². The quantitative estimate of drug-likeness (QED) is 0.716. The van der Waals surface area contributed by atoms with Gasteiger partial charge in [0, 0.05) is 25.6 Å². The molecule has 0 aromatic carbocycles. The molecule has 0 aliphatic carbocycles. The molecule has 1 aliphatic rings. The Bertz CT molecular complexity index is 152. The summed E-state index contributed by atoms with van der Waals surface area (Å²) < 4.78 is 11.0. The summed E-state index contributed by atoms with van der Waals surface area (Å²) in [6.07, 6.45) is 0.601. The second kappa shape index (κ2) is 4.94. The molecule has 78 valence electrons. The minimum absolute atomic E-state index is 0.297. The molecule has 0 spiro atoms. The zero-order valence-electron chi connectivity index (χ0n) is 9.04. The van der Waals surface area contributed by atoms with Crippen molar-refractivity contribution in [3.8, 4) is 0 Å². The summed E-state index contributed by atoms with van der Waals surface area (Å²) in [6, 6.07) is 0.464. The fourth-order valence-electron chi connectivity index (χ4n) is 1.62. The molecule has 1 heterocycles.